The second kappa shape index (κ2) is 7.97. The van der Waals surface area contributed by atoms with E-state index in [0.29, 0.717) is 6.42 Å². The van der Waals surface area contributed by atoms with Crippen LogP contribution in [0.3, 0.4) is 0 Å². The molecule has 19 heavy (non-hydrogen) atoms. The van der Waals surface area contributed by atoms with Gasteiger partial charge in [0.15, 0.2) is 0 Å². The highest BCUT2D eigenvalue weighted by molar-refractivity contribution is 6.03. The van der Waals surface area contributed by atoms with Crippen LogP contribution in [0.1, 0.15) is 65.2 Å². The molecule has 0 saturated heterocycles. The van der Waals surface area contributed by atoms with Gasteiger partial charge >= 0.3 is 11.9 Å². The number of aliphatic carboxylic acids is 1. The van der Waals surface area contributed by atoms with Crippen LogP contribution in [0.4, 0.5) is 0 Å². The minimum atomic E-state index is -1.03. The molecule has 108 valence electrons. The SMILES string of the molecule is CCCCCCCCCC1OC(=O)C(C)=C1C(=O)O. The maximum atomic E-state index is 11.4. The highest BCUT2D eigenvalue weighted by Gasteiger charge is 2.35. The van der Waals surface area contributed by atoms with E-state index in [-0.39, 0.29) is 11.1 Å². The van der Waals surface area contributed by atoms with Crippen molar-refractivity contribution in [3.63, 3.8) is 0 Å². The number of carboxylic acids is 1. The van der Waals surface area contributed by atoms with E-state index in [1.165, 1.54) is 39.0 Å². The first-order valence-electron chi connectivity index (χ1n) is 7.23. The van der Waals surface area contributed by atoms with Crippen molar-refractivity contribution in [1.29, 1.82) is 0 Å². The zero-order valence-electron chi connectivity index (χ0n) is 11.9. The minimum Gasteiger partial charge on any atom is -0.478 e. The lowest BCUT2D eigenvalue weighted by Gasteiger charge is -2.11. The number of carboxylic acid groups (broad SMARTS) is 1. The molecule has 0 fully saturated rings. The van der Waals surface area contributed by atoms with Crippen LogP contribution in [-0.4, -0.2) is 23.1 Å². The Bertz CT molecular complexity index is 357. The van der Waals surface area contributed by atoms with Crippen LogP contribution in [-0.2, 0) is 14.3 Å². The third kappa shape index (κ3) is 4.69. The Morgan fingerprint density at radius 2 is 1.74 bits per heavy atom. The summed E-state index contributed by atoms with van der Waals surface area (Å²) >= 11 is 0. The zero-order chi connectivity index (χ0) is 14.3. The van der Waals surface area contributed by atoms with Gasteiger partial charge in [0.1, 0.15) is 6.10 Å². The lowest BCUT2D eigenvalue weighted by atomic mass is 10.0. The molecule has 1 heterocycles. The van der Waals surface area contributed by atoms with E-state index >= 15 is 0 Å². The summed E-state index contributed by atoms with van der Waals surface area (Å²) in [5.41, 5.74) is 0.399. The predicted octanol–water partition coefficient (Wildman–Crippen LogP) is 3.45. The molecule has 0 bridgehead atoms. The summed E-state index contributed by atoms with van der Waals surface area (Å²) in [5.74, 6) is -1.51. The van der Waals surface area contributed by atoms with Gasteiger partial charge in [-0.3, -0.25) is 0 Å². The minimum absolute atomic E-state index is 0.149. The molecule has 0 aliphatic carbocycles. The van der Waals surface area contributed by atoms with Crippen LogP contribution in [0.2, 0.25) is 0 Å². The number of carbonyl (C=O) groups is 2. The van der Waals surface area contributed by atoms with Crippen molar-refractivity contribution in [2.24, 2.45) is 0 Å². The summed E-state index contributed by atoms with van der Waals surface area (Å²) in [4.78, 5) is 22.4. The standard InChI is InChI=1S/C15H24O4/c1-3-4-5-6-7-8-9-10-12-13(14(16)17)11(2)15(18)19-12/h12H,3-10H2,1-2H3,(H,16,17). The summed E-state index contributed by atoms with van der Waals surface area (Å²) in [7, 11) is 0. The lowest BCUT2D eigenvalue weighted by Crippen LogP contribution is -2.17. The van der Waals surface area contributed by atoms with Gasteiger partial charge in [0, 0.05) is 5.57 Å². The average molecular weight is 268 g/mol. The fourth-order valence-electron chi connectivity index (χ4n) is 2.42. The third-order valence-electron chi connectivity index (χ3n) is 3.58. The molecule has 1 rings (SSSR count). The van der Waals surface area contributed by atoms with Crippen molar-refractivity contribution in [3.8, 4) is 0 Å². The second-order valence-corrected chi connectivity index (χ2v) is 5.15. The van der Waals surface area contributed by atoms with Gasteiger partial charge in [-0.25, -0.2) is 9.59 Å². The van der Waals surface area contributed by atoms with Gasteiger partial charge in [-0.15, -0.1) is 0 Å². The normalized spacial score (nSPS) is 18.8. The predicted molar refractivity (Wildman–Crippen MR) is 72.8 cm³/mol. The monoisotopic (exact) mass is 268 g/mol. The molecule has 4 nitrogen and oxygen atoms in total. The van der Waals surface area contributed by atoms with Gasteiger partial charge in [0.25, 0.3) is 0 Å². The molecule has 0 aromatic rings. The Hall–Kier alpha value is -1.32. The van der Waals surface area contributed by atoms with Crippen molar-refractivity contribution in [2.75, 3.05) is 0 Å². The van der Waals surface area contributed by atoms with Crippen molar-refractivity contribution in [1.82, 2.24) is 0 Å². The maximum absolute atomic E-state index is 11.4. The number of carbonyl (C=O) groups excluding carboxylic acids is 1. The van der Waals surface area contributed by atoms with E-state index < -0.39 is 18.0 Å². The van der Waals surface area contributed by atoms with Crippen molar-refractivity contribution in [2.45, 2.75) is 71.3 Å². The number of hydrogen-bond donors (Lipinski definition) is 1. The van der Waals surface area contributed by atoms with Crippen LogP contribution in [0.25, 0.3) is 0 Å². The number of rotatable bonds is 9. The molecule has 0 radical (unpaired) electrons. The molecule has 0 spiro atoms. The van der Waals surface area contributed by atoms with Gasteiger partial charge < -0.3 is 9.84 Å². The smallest absolute Gasteiger partial charge is 0.335 e. The molecule has 0 saturated carbocycles. The van der Waals surface area contributed by atoms with E-state index in [2.05, 4.69) is 6.92 Å². The molecule has 1 unspecified atom stereocenters. The Kier molecular flexibility index (Phi) is 6.60. The first-order chi connectivity index (χ1) is 9.07. The quantitative estimate of drug-likeness (QED) is 0.514. The third-order valence-corrected chi connectivity index (χ3v) is 3.58. The Balaban J connectivity index is 2.26. The van der Waals surface area contributed by atoms with E-state index in [9.17, 15) is 9.59 Å². The highest BCUT2D eigenvalue weighted by atomic mass is 16.5. The van der Waals surface area contributed by atoms with Gasteiger partial charge in [-0.2, -0.15) is 0 Å². The first-order valence-corrected chi connectivity index (χ1v) is 7.23. The molecule has 4 heteroatoms. The summed E-state index contributed by atoms with van der Waals surface area (Å²) in [6, 6.07) is 0. The average Bonchev–Trinajstić information content (AvgIpc) is 2.64. The van der Waals surface area contributed by atoms with E-state index in [0.717, 1.165) is 12.8 Å². The van der Waals surface area contributed by atoms with Gasteiger partial charge in [0.05, 0.1) is 5.57 Å². The van der Waals surface area contributed by atoms with Crippen LogP contribution >= 0.6 is 0 Å². The van der Waals surface area contributed by atoms with Crippen LogP contribution in [0, 0.1) is 0 Å². The summed E-state index contributed by atoms with van der Waals surface area (Å²) in [5, 5.41) is 9.08. The number of cyclic esters (lactones) is 1. The Labute approximate surface area is 114 Å². The molecule has 1 aliphatic rings. The molecular formula is C15H24O4. The zero-order valence-corrected chi connectivity index (χ0v) is 11.9. The fraction of sp³-hybridized carbons (Fsp3) is 0.733. The second-order valence-electron chi connectivity index (χ2n) is 5.15. The van der Waals surface area contributed by atoms with E-state index in [4.69, 9.17) is 9.84 Å². The first kappa shape index (κ1) is 15.7. The Morgan fingerprint density at radius 1 is 1.16 bits per heavy atom. The van der Waals surface area contributed by atoms with Crippen LogP contribution < -0.4 is 0 Å². The van der Waals surface area contributed by atoms with E-state index in [1.54, 1.807) is 0 Å². The number of hydrogen-bond acceptors (Lipinski definition) is 3. The van der Waals surface area contributed by atoms with E-state index in [1.807, 2.05) is 0 Å². The van der Waals surface area contributed by atoms with Crippen LogP contribution in [0.15, 0.2) is 11.1 Å². The number of esters is 1. The van der Waals surface area contributed by atoms with Crippen molar-refractivity contribution >= 4 is 11.9 Å². The summed E-state index contributed by atoms with van der Waals surface area (Å²) in [6.07, 6.45) is 8.27. The van der Waals surface area contributed by atoms with Crippen molar-refractivity contribution < 1.29 is 19.4 Å². The molecule has 1 atom stereocenters. The molecule has 0 aromatic carbocycles. The molecule has 0 amide bonds. The highest BCUT2D eigenvalue weighted by Crippen LogP contribution is 2.26. The maximum Gasteiger partial charge on any atom is 0.335 e. The molecular weight excluding hydrogens is 244 g/mol. The number of ether oxygens (including phenoxy) is 1. The van der Waals surface area contributed by atoms with Crippen LogP contribution in [0.5, 0.6) is 0 Å². The summed E-state index contributed by atoms with van der Waals surface area (Å²) in [6.45, 7) is 3.72. The van der Waals surface area contributed by atoms with Gasteiger partial charge in [0.2, 0.25) is 0 Å². The van der Waals surface area contributed by atoms with Crippen molar-refractivity contribution in [3.05, 3.63) is 11.1 Å². The molecule has 0 aromatic heterocycles. The van der Waals surface area contributed by atoms with Gasteiger partial charge in [-0.1, -0.05) is 45.4 Å². The Morgan fingerprint density at radius 3 is 2.32 bits per heavy atom. The number of unbranched alkanes of at least 4 members (excludes halogenated alkanes) is 6. The lowest BCUT2D eigenvalue weighted by molar-refractivity contribution is -0.140. The fourth-order valence-corrected chi connectivity index (χ4v) is 2.42. The van der Waals surface area contributed by atoms with Gasteiger partial charge in [-0.05, 0) is 19.8 Å². The summed E-state index contributed by atoms with van der Waals surface area (Å²) < 4.78 is 5.10. The topological polar surface area (TPSA) is 63.6 Å². The molecule has 1 N–H and O–H groups in total. The molecule has 1 aliphatic heterocycles. The largest absolute Gasteiger partial charge is 0.478 e.